The van der Waals surface area contributed by atoms with Crippen molar-refractivity contribution in [1.82, 2.24) is 0 Å². The number of halogens is 1. The van der Waals surface area contributed by atoms with E-state index in [4.69, 9.17) is 15.2 Å². The molecule has 11 heavy (non-hydrogen) atoms. The molecule has 1 atom stereocenters. The first kappa shape index (κ1) is 8.29. The van der Waals surface area contributed by atoms with Gasteiger partial charge in [0.05, 0.1) is 0 Å². The molecule has 0 heterocycles. The largest absolute Gasteiger partial charge is 0.505 e. The molecular weight excluding hydrogens is 150 g/mol. The number of allylic oxidation sites excluding steroid dienone is 3. The standard InChI is InChI=1S/C6H8BFO3/c8-5-3-4(7(10)11)1-2-6(5)9/h1-2,4,9-11H,3H2. The van der Waals surface area contributed by atoms with Gasteiger partial charge in [-0.05, 0) is 6.08 Å². The molecule has 0 bridgehead atoms. The molecule has 60 valence electrons. The van der Waals surface area contributed by atoms with Crippen LogP contribution < -0.4 is 0 Å². The molecule has 1 aliphatic rings. The molecule has 0 radical (unpaired) electrons. The summed E-state index contributed by atoms with van der Waals surface area (Å²) in [6.45, 7) is 0. The maximum atomic E-state index is 12.5. The van der Waals surface area contributed by atoms with Gasteiger partial charge in [-0.2, -0.15) is 0 Å². The SMILES string of the molecule is OB(O)C1C=CC(O)=C(F)C1. The maximum Gasteiger partial charge on any atom is 0.459 e. The minimum atomic E-state index is -1.56. The van der Waals surface area contributed by atoms with Gasteiger partial charge >= 0.3 is 7.12 Å². The Kier molecular flexibility index (Phi) is 2.31. The first-order valence-electron chi connectivity index (χ1n) is 3.23. The second-order valence-corrected chi connectivity index (χ2v) is 2.43. The van der Waals surface area contributed by atoms with Gasteiger partial charge in [0.25, 0.3) is 0 Å². The maximum absolute atomic E-state index is 12.5. The molecule has 0 amide bonds. The molecule has 5 heteroatoms. The summed E-state index contributed by atoms with van der Waals surface area (Å²) in [7, 11) is -1.56. The van der Waals surface area contributed by atoms with Gasteiger partial charge in [0.15, 0.2) is 0 Å². The third-order valence-corrected chi connectivity index (χ3v) is 1.58. The average molecular weight is 158 g/mol. The van der Waals surface area contributed by atoms with Crippen LogP contribution in [0.4, 0.5) is 4.39 Å². The van der Waals surface area contributed by atoms with Crippen molar-refractivity contribution in [1.29, 1.82) is 0 Å². The molecule has 1 rings (SSSR count). The fraction of sp³-hybridized carbons (Fsp3) is 0.333. The molecule has 0 saturated heterocycles. The zero-order valence-corrected chi connectivity index (χ0v) is 5.74. The minimum Gasteiger partial charge on any atom is -0.505 e. The van der Waals surface area contributed by atoms with Crippen LogP contribution in [0.5, 0.6) is 0 Å². The van der Waals surface area contributed by atoms with E-state index in [2.05, 4.69) is 0 Å². The van der Waals surface area contributed by atoms with Crippen LogP contribution in [0.15, 0.2) is 23.7 Å². The second kappa shape index (κ2) is 3.06. The molecule has 0 aromatic carbocycles. The third-order valence-electron chi connectivity index (χ3n) is 1.58. The monoisotopic (exact) mass is 158 g/mol. The Morgan fingerprint density at radius 3 is 2.64 bits per heavy atom. The van der Waals surface area contributed by atoms with Gasteiger partial charge in [-0.15, -0.1) is 0 Å². The van der Waals surface area contributed by atoms with Crippen molar-refractivity contribution in [3.8, 4) is 0 Å². The molecular formula is C6H8BFO3. The Morgan fingerprint density at radius 1 is 1.55 bits per heavy atom. The predicted molar refractivity (Wildman–Crippen MR) is 38.5 cm³/mol. The number of rotatable bonds is 1. The van der Waals surface area contributed by atoms with E-state index >= 15 is 0 Å². The molecule has 3 N–H and O–H groups in total. The lowest BCUT2D eigenvalue weighted by Gasteiger charge is -2.13. The van der Waals surface area contributed by atoms with Crippen LogP contribution >= 0.6 is 0 Å². The summed E-state index contributed by atoms with van der Waals surface area (Å²) < 4.78 is 12.5. The van der Waals surface area contributed by atoms with E-state index in [1.54, 1.807) is 0 Å². The minimum absolute atomic E-state index is 0.153. The number of hydrogen-bond donors (Lipinski definition) is 3. The molecule has 0 aliphatic heterocycles. The lowest BCUT2D eigenvalue weighted by Crippen LogP contribution is -2.20. The normalized spacial score (nSPS) is 24.1. The van der Waals surface area contributed by atoms with Crippen molar-refractivity contribution in [3.05, 3.63) is 23.7 Å². The van der Waals surface area contributed by atoms with Gasteiger partial charge < -0.3 is 15.2 Å². The Balaban J connectivity index is 2.67. The highest BCUT2D eigenvalue weighted by atomic mass is 19.1. The quantitative estimate of drug-likeness (QED) is 0.487. The molecule has 0 saturated carbocycles. The van der Waals surface area contributed by atoms with E-state index in [1.807, 2.05) is 0 Å². The Labute approximate surface area is 63.6 Å². The number of aliphatic hydroxyl groups is 1. The summed E-state index contributed by atoms with van der Waals surface area (Å²) in [6, 6.07) is 0. The highest BCUT2D eigenvalue weighted by Gasteiger charge is 2.25. The van der Waals surface area contributed by atoms with Crippen LogP contribution in [-0.2, 0) is 0 Å². The van der Waals surface area contributed by atoms with Gasteiger partial charge in [-0.3, -0.25) is 0 Å². The van der Waals surface area contributed by atoms with Crippen molar-refractivity contribution in [2.24, 2.45) is 0 Å². The number of aliphatic hydroxyl groups excluding tert-OH is 1. The fourth-order valence-corrected chi connectivity index (χ4v) is 0.890. The fourth-order valence-electron chi connectivity index (χ4n) is 0.890. The van der Waals surface area contributed by atoms with E-state index in [0.717, 1.165) is 6.08 Å². The highest BCUT2D eigenvalue weighted by Crippen LogP contribution is 2.27. The van der Waals surface area contributed by atoms with Gasteiger partial charge in [0.1, 0.15) is 11.6 Å². The molecule has 0 aromatic heterocycles. The Hall–Kier alpha value is -0.805. The van der Waals surface area contributed by atoms with Crippen molar-refractivity contribution in [3.63, 3.8) is 0 Å². The summed E-state index contributed by atoms with van der Waals surface area (Å²) in [4.78, 5) is 0. The summed E-state index contributed by atoms with van der Waals surface area (Å²) in [5.41, 5.74) is 0. The van der Waals surface area contributed by atoms with E-state index < -0.39 is 24.5 Å². The predicted octanol–water partition coefficient (Wildman–Crippen LogP) is 0.528. The molecule has 0 fully saturated rings. The van der Waals surface area contributed by atoms with Crippen molar-refractivity contribution in [2.45, 2.75) is 12.2 Å². The van der Waals surface area contributed by atoms with Crippen LogP contribution in [0, 0.1) is 0 Å². The van der Waals surface area contributed by atoms with Crippen LogP contribution in [0.3, 0.4) is 0 Å². The lowest BCUT2D eigenvalue weighted by molar-refractivity contribution is 0.366. The van der Waals surface area contributed by atoms with Crippen LogP contribution in [0.25, 0.3) is 0 Å². The highest BCUT2D eigenvalue weighted by molar-refractivity contribution is 6.44. The lowest BCUT2D eigenvalue weighted by atomic mass is 9.69. The third kappa shape index (κ3) is 1.81. The van der Waals surface area contributed by atoms with Gasteiger partial charge in [-0.1, -0.05) is 6.08 Å². The van der Waals surface area contributed by atoms with E-state index in [1.165, 1.54) is 6.08 Å². The average Bonchev–Trinajstić information content (AvgIpc) is 1.94. The molecule has 0 aromatic rings. The van der Waals surface area contributed by atoms with E-state index in [0.29, 0.717) is 0 Å². The van der Waals surface area contributed by atoms with Crippen LogP contribution in [-0.4, -0.2) is 22.3 Å². The van der Waals surface area contributed by atoms with Crippen LogP contribution in [0.1, 0.15) is 6.42 Å². The van der Waals surface area contributed by atoms with Crippen molar-refractivity contribution in [2.75, 3.05) is 0 Å². The van der Waals surface area contributed by atoms with E-state index in [-0.39, 0.29) is 6.42 Å². The van der Waals surface area contributed by atoms with Gasteiger partial charge in [0.2, 0.25) is 0 Å². The topological polar surface area (TPSA) is 60.7 Å². The molecule has 0 spiro atoms. The summed E-state index contributed by atoms with van der Waals surface area (Å²) in [5, 5.41) is 26.0. The molecule has 3 nitrogen and oxygen atoms in total. The van der Waals surface area contributed by atoms with Gasteiger partial charge in [0, 0.05) is 12.2 Å². The van der Waals surface area contributed by atoms with Crippen LogP contribution in [0.2, 0.25) is 5.82 Å². The molecule has 1 unspecified atom stereocenters. The zero-order chi connectivity index (χ0) is 8.43. The Bertz CT molecular complexity index is 212. The van der Waals surface area contributed by atoms with E-state index in [9.17, 15) is 4.39 Å². The van der Waals surface area contributed by atoms with Crippen molar-refractivity contribution < 1.29 is 19.5 Å². The zero-order valence-electron chi connectivity index (χ0n) is 5.74. The summed E-state index contributed by atoms with van der Waals surface area (Å²) in [6.07, 6.45) is 2.34. The van der Waals surface area contributed by atoms with Gasteiger partial charge in [-0.25, -0.2) is 4.39 Å². The molecule has 1 aliphatic carbocycles. The number of hydrogen-bond acceptors (Lipinski definition) is 3. The Morgan fingerprint density at radius 2 is 2.18 bits per heavy atom. The van der Waals surface area contributed by atoms with Crippen molar-refractivity contribution >= 4 is 7.12 Å². The second-order valence-electron chi connectivity index (χ2n) is 2.43. The first-order chi connectivity index (χ1) is 5.11. The first-order valence-corrected chi connectivity index (χ1v) is 3.23. The smallest absolute Gasteiger partial charge is 0.459 e. The summed E-state index contributed by atoms with van der Waals surface area (Å²) in [5.74, 6) is -1.78. The summed E-state index contributed by atoms with van der Waals surface area (Å²) >= 11 is 0.